The minimum absolute atomic E-state index is 0.0210. The largest absolute Gasteiger partial charge is 0.311 e. The lowest BCUT2D eigenvalue weighted by Crippen LogP contribution is -2.34. The lowest BCUT2D eigenvalue weighted by Gasteiger charge is -2.34. The molecule has 1 heterocycles. The molecule has 1 aliphatic carbocycles. The zero-order valence-corrected chi connectivity index (χ0v) is 21.2. The van der Waals surface area contributed by atoms with E-state index in [0.717, 1.165) is 45.6 Å². The van der Waals surface area contributed by atoms with E-state index in [0.29, 0.717) is 6.42 Å². The van der Waals surface area contributed by atoms with Gasteiger partial charge in [0.25, 0.3) is 0 Å². The third-order valence-electron chi connectivity index (χ3n) is 6.10. The number of hydrogen-bond acceptors (Lipinski definition) is 3. The summed E-state index contributed by atoms with van der Waals surface area (Å²) in [6.45, 7) is 6.00. The quantitative estimate of drug-likeness (QED) is 0.149. The Bertz CT molecular complexity index is 1240. The molecule has 36 heavy (non-hydrogen) atoms. The summed E-state index contributed by atoms with van der Waals surface area (Å²) in [5.74, 6) is -2.48. The molecule has 0 aliphatic heterocycles. The van der Waals surface area contributed by atoms with Crippen LogP contribution in [0.1, 0.15) is 49.4 Å². The standard InChI is InChI=1S/C31H33F2N3/c1-6-11-27(21-34-4)28-16-17-29(35-30(28)15-9-12-23-19-31(32,33)20-23)26-14-10-13-25(18-26)24(7-2)22-36(5)8-3/h3,7,9-11,13-18,21-23H,2,6,12,19-20H2,1,4-5H3/b15-9+,24-22+,27-11+,34-21?. The average Bonchev–Trinajstić information content (AvgIpc) is 2.86. The first-order valence-electron chi connectivity index (χ1n) is 12.1. The number of nitrogens with zero attached hydrogens (tertiary/aromatic N) is 3. The molecule has 0 N–H and O–H groups in total. The van der Waals surface area contributed by atoms with Crippen molar-refractivity contribution < 1.29 is 8.78 Å². The average molecular weight is 486 g/mol. The van der Waals surface area contributed by atoms with Gasteiger partial charge < -0.3 is 4.90 Å². The first-order valence-corrected chi connectivity index (χ1v) is 12.1. The first kappa shape index (κ1) is 26.8. The van der Waals surface area contributed by atoms with Crippen LogP contribution in [-0.4, -0.2) is 36.1 Å². The molecule has 3 nitrogen and oxygen atoms in total. The molecule has 0 atom stereocenters. The van der Waals surface area contributed by atoms with Crippen LogP contribution in [0.2, 0.25) is 0 Å². The fraction of sp³-hybridized carbons (Fsp3) is 0.290. The van der Waals surface area contributed by atoms with Crippen LogP contribution in [-0.2, 0) is 0 Å². The predicted octanol–water partition coefficient (Wildman–Crippen LogP) is 7.74. The maximum absolute atomic E-state index is 13.2. The number of aliphatic imine (C=N–C) groups is 1. The molecule has 2 aromatic rings. The molecule has 1 aliphatic rings. The molecule has 1 saturated carbocycles. The third kappa shape index (κ3) is 6.88. The Morgan fingerprint density at radius 1 is 1.28 bits per heavy atom. The molecule has 0 radical (unpaired) electrons. The number of aromatic nitrogens is 1. The van der Waals surface area contributed by atoms with E-state index in [1.165, 1.54) is 0 Å². The Morgan fingerprint density at radius 2 is 2.06 bits per heavy atom. The van der Waals surface area contributed by atoms with Gasteiger partial charge in [-0.05, 0) is 59.7 Å². The van der Waals surface area contributed by atoms with Crippen LogP contribution >= 0.6 is 0 Å². The van der Waals surface area contributed by atoms with E-state index in [9.17, 15) is 8.78 Å². The van der Waals surface area contributed by atoms with Crippen LogP contribution in [0.5, 0.6) is 0 Å². The summed E-state index contributed by atoms with van der Waals surface area (Å²) in [6, 6.07) is 14.7. The fourth-order valence-corrected chi connectivity index (χ4v) is 4.27. The normalized spacial score (nSPS) is 16.2. The van der Waals surface area contributed by atoms with E-state index in [4.69, 9.17) is 11.4 Å². The van der Waals surface area contributed by atoms with E-state index in [-0.39, 0.29) is 18.8 Å². The van der Waals surface area contributed by atoms with Gasteiger partial charge in [-0.2, -0.15) is 0 Å². The number of rotatable bonds is 10. The lowest BCUT2D eigenvalue weighted by molar-refractivity contribution is -0.109. The summed E-state index contributed by atoms with van der Waals surface area (Å²) in [4.78, 5) is 10.8. The second-order valence-corrected chi connectivity index (χ2v) is 8.96. The van der Waals surface area contributed by atoms with Crippen LogP contribution < -0.4 is 0 Å². The number of halogens is 2. The van der Waals surface area contributed by atoms with E-state index < -0.39 is 5.92 Å². The van der Waals surface area contributed by atoms with Crippen LogP contribution in [0.3, 0.4) is 0 Å². The van der Waals surface area contributed by atoms with Crippen molar-refractivity contribution in [3.8, 4) is 23.7 Å². The van der Waals surface area contributed by atoms with E-state index in [1.54, 1.807) is 25.1 Å². The van der Waals surface area contributed by atoms with Crippen molar-refractivity contribution in [1.29, 1.82) is 0 Å². The van der Waals surface area contributed by atoms with Crippen LogP contribution in [0.4, 0.5) is 8.78 Å². The molecule has 1 aromatic heterocycles. The minimum atomic E-state index is -2.50. The Labute approximate surface area is 213 Å². The van der Waals surface area contributed by atoms with Crippen LogP contribution in [0, 0.1) is 18.4 Å². The van der Waals surface area contributed by atoms with Gasteiger partial charge in [0, 0.05) is 56.5 Å². The fourth-order valence-electron chi connectivity index (χ4n) is 4.27. The second-order valence-electron chi connectivity index (χ2n) is 8.96. The predicted molar refractivity (Wildman–Crippen MR) is 148 cm³/mol. The molecule has 1 aromatic carbocycles. The van der Waals surface area contributed by atoms with Crippen LogP contribution in [0.15, 0.2) is 72.4 Å². The van der Waals surface area contributed by atoms with Crippen molar-refractivity contribution in [2.45, 2.75) is 38.5 Å². The summed E-state index contributed by atoms with van der Waals surface area (Å²) in [6.07, 6.45) is 18.3. The molecular weight excluding hydrogens is 452 g/mol. The van der Waals surface area contributed by atoms with E-state index >= 15 is 0 Å². The van der Waals surface area contributed by atoms with Crippen molar-refractivity contribution >= 4 is 23.4 Å². The molecule has 1 fully saturated rings. The molecule has 186 valence electrons. The molecule has 3 rings (SSSR count). The van der Waals surface area contributed by atoms with Gasteiger partial charge in [-0.15, -0.1) is 0 Å². The van der Waals surface area contributed by atoms with Crippen molar-refractivity contribution in [3.05, 3.63) is 84.2 Å². The van der Waals surface area contributed by atoms with Crippen LogP contribution in [0.25, 0.3) is 28.5 Å². The summed E-state index contributed by atoms with van der Waals surface area (Å²) < 4.78 is 26.5. The van der Waals surface area contributed by atoms with Gasteiger partial charge in [0.05, 0.1) is 11.4 Å². The molecule has 0 saturated heterocycles. The molecular formula is C31H33F2N3. The van der Waals surface area contributed by atoms with Gasteiger partial charge in [0.2, 0.25) is 5.92 Å². The highest BCUT2D eigenvalue weighted by Gasteiger charge is 2.44. The summed E-state index contributed by atoms with van der Waals surface area (Å²) in [5.41, 5.74) is 6.37. The highest BCUT2D eigenvalue weighted by molar-refractivity contribution is 6.10. The number of pyridine rings is 1. The van der Waals surface area contributed by atoms with Gasteiger partial charge in [-0.1, -0.05) is 56.4 Å². The lowest BCUT2D eigenvalue weighted by atomic mass is 9.79. The first-order chi connectivity index (χ1) is 17.3. The third-order valence-corrected chi connectivity index (χ3v) is 6.10. The van der Waals surface area contributed by atoms with Gasteiger partial charge in [0.15, 0.2) is 0 Å². The molecule has 0 amide bonds. The number of alkyl halides is 2. The Hall–Kier alpha value is -3.78. The van der Waals surface area contributed by atoms with E-state index in [2.05, 4.69) is 36.7 Å². The number of terminal acetylenes is 1. The highest BCUT2D eigenvalue weighted by Crippen LogP contribution is 2.44. The van der Waals surface area contributed by atoms with Crippen molar-refractivity contribution in [2.24, 2.45) is 10.9 Å². The van der Waals surface area contributed by atoms with Crippen molar-refractivity contribution in [2.75, 3.05) is 14.1 Å². The Morgan fingerprint density at radius 3 is 2.69 bits per heavy atom. The maximum atomic E-state index is 13.2. The zero-order valence-electron chi connectivity index (χ0n) is 21.2. The maximum Gasteiger partial charge on any atom is 0.248 e. The van der Waals surface area contributed by atoms with Crippen molar-refractivity contribution in [3.63, 3.8) is 0 Å². The monoisotopic (exact) mass is 485 g/mol. The minimum Gasteiger partial charge on any atom is -0.311 e. The molecule has 5 heteroatoms. The van der Waals surface area contributed by atoms with Gasteiger partial charge in [0.1, 0.15) is 0 Å². The second kappa shape index (κ2) is 12.3. The summed E-state index contributed by atoms with van der Waals surface area (Å²) >= 11 is 0. The smallest absolute Gasteiger partial charge is 0.248 e. The SMILES string of the molecule is C#CN(C)/C=C(\C=C)c1cccc(-c2ccc(/C(C=NC)=C/CC)c(/C=C/CC3CC(F)(F)C3)n2)c1. The number of hydrogen-bond donors (Lipinski definition) is 0. The topological polar surface area (TPSA) is 28.5 Å². The summed E-state index contributed by atoms with van der Waals surface area (Å²) in [7, 11) is 3.55. The van der Waals surface area contributed by atoms with E-state index in [1.807, 2.05) is 54.9 Å². The summed E-state index contributed by atoms with van der Waals surface area (Å²) in [5, 5.41) is 0. The Kier molecular flexibility index (Phi) is 9.13. The zero-order chi connectivity index (χ0) is 26.1. The molecule has 0 unspecified atom stereocenters. The highest BCUT2D eigenvalue weighted by atomic mass is 19.3. The number of allylic oxidation sites excluding steroid dienone is 5. The van der Waals surface area contributed by atoms with Gasteiger partial charge in [-0.25, -0.2) is 13.8 Å². The van der Waals surface area contributed by atoms with Gasteiger partial charge >= 0.3 is 0 Å². The molecule has 0 bridgehead atoms. The molecule has 0 spiro atoms. The van der Waals surface area contributed by atoms with Gasteiger partial charge in [-0.3, -0.25) is 4.99 Å². The van der Waals surface area contributed by atoms with Crippen molar-refractivity contribution in [1.82, 2.24) is 9.88 Å². The number of benzene rings is 1. The Balaban J connectivity index is 2.00.